The predicted octanol–water partition coefficient (Wildman–Crippen LogP) is 2.80. The van der Waals surface area contributed by atoms with Gasteiger partial charge in [0.05, 0.1) is 0 Å². The molecule has 0 saturated heterocycles. The van der Waals surface area contributed by atoms with Crippen molar-refractivity contribution in [2.75, 3.05) is 0 Å². The van der Waals surface area contributed by atoms with Crippen LogP contribution in [0.5, 0.6) is 0 Å². The molecule has 15 heavy (non-hydrogen) atoms. The summed E-state index contributed by atoms with van der Waals surface area (Å²) in [6.07, 6.45) is -5.60. The third-order valence-electron chi connectivity index (χ3n) is 1.93. The second-order valence-electron chi connectivity index (χ2n) is 2.93. The van der Waals surface area contributed by atoms with Crippen molar-refractivity contribution in [3.8, 4) is 0 Å². The Balaban J connectivity index is 3.26. The van der Waals surface area contributed by atoms with E-state index in [0.29, 0.717) is 0 Å². The van der Waals surface area contributed by atoms with Crippen LogP contribution in [0.25, 0.3) is 0 Å². The number of rotatable bonds is 2. The van der Waals surface area contributed by atoms with Gasteiger partial charge in [0.15, 0.2) is 0 Å². The Morgan fingerprint density at radius 3 is 2.00 bits per heavy atom. The van der Waals surface area contributed by atoms with Gasteiger partial charge in [-0.05, 0) is 5.56 Å². The molecule has 0 unspecified atom stereocenters. The molecule has 1 rings (SSSR count). The molecule has 1 aromatic carbocycles. The Kier molecular flexibility index (Phi) is 2.99. The van der Waals surface area contributed by atoms with E-state index in [-0.39, 0.29) is 12.1 Å². The summed E-state index contributed by atoms with van der Waals surface area (Å²) in [5.41, 5.74) is 3.80. The Morgan fingerprint density at radius 2 is 1.53 bits per heavy atom. The summed E-state index contributed by atoms with van der Waals surface area (Å²) in [7, 11) is 0. The van der Waals surface area contributed by atoms with Crippen molar-refractivity contribution in [1.29, 1.82) is 0 Å². The van der Waals surface area contributed by atoms with Crippen molar-refractivity contribution >= 4 is 0 Å². The Hall–Kier alpha value is -1.17. The number of hydrogen-bond donors (Lipinski definition) is 1. The Morgan fingerprint density at radius 1 is 1.00 bits per heavy atom. The van der Waals surface area contributed by atoms with Crippen LogP contribution in [0.1, 0.15) is 11.1 Å². The van der Waals surface area contributed by atoms with E-state index in [0.717, 1.165) is 18.2 Å². The minimum Gasteiger partial charge on any atom is -0.326 e. The van der Waals surface area contributed by atoms with E-state index in [1.54, 1.807) is 0 Å². The van der Waals surface area contributed by atoms with E-state index >= 15 is 0 Å². The number of hydrogen-bond acceptors (Lipinski definition) is 1. The topological polar surface area (TPSA) is 26.0 Å². The number of alkyl halides is 5. The van der Waals surface area contributed by atoms with Crippen molar-refractivity contribution in [2.24, 2.45) is 5.73 Å². The van der Waals surface area contributed by atoms with E-state index in [1.807, 2.05) is 0 Å². The third-order valence-corrected chi connectivity index (χ3v) is 1.93. The molecule has 6 heteroatoms. The highest BCUT2D eigenvalue weighted by Gasteiger charge is 2.59. The molecule has 0 atom stereocenters. The van der Waals surface area contributed by atoms with Crippen molar-refractivity contribution < 1.29 is 22.0 Å². The fourth-order valence-electron chi connectivity index (χ4n) is 1.16. The molecule has 0 saturated carbocycles. The summed E-state index contributed by atoms with van der Waals surface area (Å²) < 4.78 is 62.0. The normalized spacial score (nSPS) is 12.9. The van der Waals surface area contributed by atoms with Gasteiger partial charge in [-0.15, -0.1) is 0 Å². The zero-order chi connectivity index (χ0) is 11.7. The molecule has 2 N–H and O–H groups in total. The number of halogens is 5. The SMILES string of the molecule is NCc1ccccc1C(F)(F)C(F)(F)F. The second-order valence-corrected chi connectivity index (χ2v) is 2.93. The van der Waals surface area contributed by atoms with Crippen LogP contribution in [0.2, 0.25) is 0 Å². The number of benzene rings is 1. The van der Waals surface area contributed by atoms with Gasteiger partial charge < -0.3 is 5.73 Å². The third kappa shape index (κ3) is 2.09. The van der Waals surface area contributed by atoms with Crippen LogP contribution in [0, 0.1) is 0 Å². The van der Waals surface area contributed by atoms with Gasteiger partial charge >= 0.3 is 12.1 Å². The summed E-state index contributed by atoms with van der Waals surface area (Å²) in [5.74, 6) is -4.86. The first-order chi connectivity index (χ1) is 6.80. The molecule has 0 fully saturated rings. The molecule has 0 heterocycles. The first kappa shape index (κ1) is 11.9. The summed E-state index contributed by atoms with van der Waals surface area (Å²) in [6.45, 7) is -0.359. The highest BCUT2D eigenvalue weighted by Crippen LogP contribution is 2.44. The molecule has 0 spiro atoms. The monoisotopic (exact) mass is 225 g/mol. The summed E-state index contributed by atoms with van der Waals surface area (Å²) in [6, 6.07) is 4.36. The van der Waals surface area contributed by atoms with Crippen LogP contribution in [0.15, 0.2) is 24.3 Å². The van der Waals surface area contributed by atoms with Gasteiger partial charge in [0.1, 0.15) is 0 Å². The second kappa shape index (κ2) is 3.77. The average molecular weight is 225 g/mol. The van der Waals surface area contributed by atoms with Crippen molar-refractivity contribution in [2.45, 2.75) is 18.6 Å². The quantitative estimate of drug-likeness (QED) is 0.769. The zero-order valence-electron chi connectivity index (χ0n) is 7.48. The van der Waals surface area contributed by atoms with Gasteiger partial charge in [-0.1, -0.05) is 24.3 Å². The van der Waals surface area contributed by atoms with Crippen LogP contribution in [0.3, 0.4) is 0 Å². The van der Waals surface area contributed by atoms with E-state index < -0.39 is 17.7 Å². The number of nitrogens with two attached hydrogens (primary N) is 1. The molecule has 0 amide bonds. The average Bonchev–Trinajstić information content (AvgIpc) is 2.16. The fraction of sp³-hybridized carbons (Fsp3) is 0.333. The minimum atomic E-state index is -5.60. The predicted molar refractivity (Wildman–Crippen MR) is 44.3 cm³/mol. The van der Waals surface area contributed by atoms with Gasteiger partial charge in [0.2, 0.25) is 0 Å². The zero-order valence-corrected chi connectivity index (χ0v) is 7.48. The Bertz CT molecular complexity index is 345. The van der Waals surface area contributed by atoms with Crippen molar-refractivity contribution in [3.63, 3.8) is 0 Å². The molecule has 0 aliphatic carbocycles. The highest BCUT2D eigenvalue weighted by atomic mass is 19.4. The lowest BCUT2D eigenvalue weighted by atomic mass is 10.0. The van der Waals surface area contributed by atoms with E-state index in [1.165, 1.54) is 6.07 Å². The van der Waals surface area contributed by atoms with Gasteiger partial charge in [0, 0.05) is 12.1 Å². The molecule has 1 nitrogen and oxygen atoms in total. The lowest BCUT2D eigenvalue weighted by molar-refractivity contribution is -0.289. The molecule has 0 aliphatic heterocycles. The fourth-order valence-corrected chi connectivity index (χ4v) is 1.16. The van der Waals surface area contributed by atoms with Gasteiger partial charge in [0.25, 0.3) is 0 Å². The molecule has 0 bridgehead atoms. The Labute approximate surface area is 82.7 Å². The van der Waals surface area contributed by atoms with E-state index in [2.05, 4.69) is 0 Å². The standard InChI is InChI=1S/C9H8F5N/c10-8(11,9(12,13)14)7-4-2-1-3-6(7)5-15/h1-4H,5,15H2. The van der Waals surface area contributed by atoms with Crippen LogP contribution in [-0.2, 0) is 12.5 Å². The van der Waals surface area contributed by atoms with Gasteiger partial charge in [-0.3, -0.25) is 0 Å². The smallest absolute Gasteiger partial charge is 0.326 e. The molecule has 0 aromatic heterocycles. The van der Waals surface area contributed by atoms with Crippen molar-refractivity contribution in [1.82, 2.24) is 0 Å². The van der Waals surface area contributed by atoms with Gasteiger partial charge in [-0.2, -0.15) is 22.0 Å². The maximum absolute atomic E-state index is 12.9. The van der Waals surface area contributed by atoms with Crippen LogP contribution in [0.4, 0.5) is 22.0 Å². The molecule has 1 aromatic rings. The molecular weight excluding hydrogens is 217 g/mol. The minimum absolute atomic E-state index is 0.208. The van der Waals surface area contributed by atoms with Crippen molar-refractivity contribution in [3.05, 3.63) is 35.4 Å². The maximum Gasteiger partial charge on any atom is 0.458 e. The van der Waals surface area contributed by atoms with Gasteiger partial charge in [-0.25, -0.2) is 0 Å². The maximum atomic E-state index is 12.9. The highest BCUT2D eigenvalue weighted by molar-refractivity contribution is 5.31. The molecule has 84 valence electrons. The summed E-state index contributed by atoms with van der Waals surface area (Å²) in [4.78, 5) is 0. The lowest BCUT2D eigenvalue weighted by Crippen LogP contribution is -2.34. The molecule has 0 radical (unpaired) electrons. The summed E-state index contributed by atoms with van der Waals surface area (Å²) in [5, 5.41) is 0. The van der Waals surface area contributed by atoms with E-state index in [9.17, 15) is 22.0 Å². The largest absolute Gasteiger partial charge is 0.458 e. The van der Waals surface area contributed by atoms with E-state index in [4.69, 9.17) is 5.73 Å². The summed E-state index contributed by atoms with van der Waals surface area (Å²) >= 11 is 0. The van der Waals surface area contributed by atoms with Crippen LogP contribution >= 0.6 is 0 Å². The molecule has 0 aliphatic rings. The van der Waals surface area contributed by atoms with Crippen LogP contribution in [-0.4, -0.2) is 6.18 Å². The van der Waals surface area contributed by atoms with Crippen LogP contribution < -0.4 is 5.73 Å². The molecular formula is C9H8F5N. The first-order valence-electron chi connectivity index (χ1n) is 4.03. The first-order valence-corrected chi connectivity index (χ1v) is 4.03. The lowest BCUT2D eigenvalue weighted by Gasteiger charge is -2.21.